The van der Waals surface area contributed by atoms with Crippen LogP contribution in [0, 0.1) is 0 Å². The molecule has 23 heavy (non-hydrogen) atoms. The number of amides is 2. The van der Waals surface area contributed by atoms with Crippen LogP contribution in [0.1, 0.15) is 19.8 Å². The Morgan fingerprint density at radius 2 is 1.83 bits per heavy atom. The van der Waals surface area contributed by atoms with Crippen molar-refractivity contribution in [2.24, 2.45) is 5.10 Å². The quantitative estimate of drug-likeness (QED) is 0.646. The minimum Gasteiger partial charge on any atom is -0.494 e. The summed E-state index contributed by atoms with van der Waals surface area (Å²) < 4.78 is 5.31. The van der Waals surface area contributed by atoms with E-state index in [-0.39, 0.29) is 0 Å². The zero-order valence-corrected chi connectivity index (χ0v) is 13.5. The van der Waals surface area contributed by atoms with E-state index >= 15 is 0 Å². The van der Waals surface area contributed by atoms with E-state index in [1.165, 1.54) is 0 Å². The van der Waals surface area contributed by atoms with Gasteiger partial charge >= 0.3 is 11.8 Å². The summed E-state index contributed by atoms with van der Waals surface area (Å²) in [5.74, 6) is -0.805. The summed E-state index contributed by atoms with van der Waals surface area (Å²) in [4.78, 5) is 25.8. The van der Waals surface area contributed by atoms with Gasteiger partial charge in [-0.15, -0.1) is 0 Å². The van der Waals surface area contributed by atoms with Gasteiger partial charge in [0.15, 0.2) is 0 Å². The highest BCUT2D eigenvalue weighted by Gasteiger charge is 2.15. The van der Waals surface area contributed by atoms with Crippen molar-refractivity contribution in [2.45, 2.75) is 19.8 Å². The Labute approximate surface area is 135 Å². The fraction of sp³-hybridized carbons (Fsp3) is 0.438. The van der Waals surface area contributed by atoms with Gasteiger partial charge in [-0.05, 0) is 38.2 Å². The summed E-state index contributed by atoms with van der Waals surface area (Å²) in [6.07, 6.45) is 1.61. The number of hydrogen-bond donors (Lipinski definition) is 2. The number of rotatable bonds is 4. The van der Waals surface area contributed by atoms with E-state index < -0.39 is 11.8 Å². The normalized spacial score (nSPS) is 15.0. The standard InChI is InChI=1S/C16H22N4O3/c1-3-23-14-6-4-12(5-7-14)17-15(21)16(22)19-18-13-8-10-20(2)11-9-13/h4-7H,3,8-11H2,1-2H3,(H,17,21)(H,19,22). The maximum absolute atomic E-state index is 11.8. The number of anilines is 1. The number of ether oxygens (including phenoxy) is 1. The first-order chi connectivity index (χ1) is 11.1. The summed E-state index contributed by atoms with van der Waals surface area (Å²) in [6.45, 7) is 4.29. The maximum Gasteiger partial charge on any atom is 0.329 e. The van der Waals surface area contributed by atoms with Crippen LogP contribution < -0.4 is 15.5 Å². The van der Waals surface area contributed by atoms with Crippen LogP contribution >= 0.6 is 0 Å². The van der Waals surface area contributed by atoms with Gasteiger partial charge < -0.3 is 15.0 Å². The third kappa shape index (κ3) is 5.37. The van der Waals surface area contributed by atoms with Crippen molar-refractivity contribution in [3.05, 3.63) is 24.3 Å². The van der Waals surface area contributed by atoms with Gasteiger partial charge in [0, 0.05) is 37.3 Å². The lowest BCUT2D eigenvalue weighted by Crippen LogP contribution is -2.35. The summed E-state index contributed by atoms with van der Waals surface area (Å²) in [7, 11) is 2.04. The molecule has 1 saturated heterocycles. The molecule has 0 atom stereocenters. The number of hydrazone groups is 1. The Kier molecular flexibility index (Phi) is 6.10. The number of carbonyl (C=O) groups is 2. The van der Waals surface area contributed by atoms with E-state index in [0.717, 1.165) is 31.6 Å². The molecule has 1 aliphatic heterocycles. The molecule has 0 spiro atoms. The predicted octanol–water partition coefficient (Wildman–Crippen LogP) is 1.22. The molecule has 2 amide bonds. The lowest BCUT2D eigenvalue weighted by atomic mass is 10.1. The molecule has 0 aliphatic carbocycles. The number of hydrogen-bond acceptors (Lipinski definition) is 5. The van der Waals surface area contributed by atoms with Crippen LogP contribution in [0.3, 0.4) is 0 Å². The number of benzene rings is 1. The van der Waals surface area contributed by atoms with Crippen molar-refractivity contribution < 1.29 is 14.3 Å². The van der Waals surface area contributed by atoms with Crippen molar-refractivity contribution in [1.29, 1.82) is 0 Å². The maximum atomic E-state index is 11.8. The van der Waals surface area contributed by atoms with E-state index in [9.17, 15) is 9.59 Å². The van der Waals surface area contributed by atoms with Gasteiger partial charge in [-0.1, -0.05) is 0 Å². The number of nitrogens with one attached hydrogen (secondary N) is 2. The smallest absolute Gasteiger partial charge is 0.329 e. The van der Waals surface area contributed by atoms with Crippen LogP contribution in [0.2, 0.25) is 0 Å². The molecule has 0 aromatic heterocycles. The number of piperidine rings is 1. The van der Waals surface area contributed by atoms with E-state index in [1.807, 2.05) is 14.0 Å². The largest absolute Gasteiger partial charge is 0.494 e. The van der Waals surface area contributed by atoms with Crippen molar-refractivity contribution in [3.63, 3.8) is 0 Å². The van der Waals surface area contributed by atoms with Crippen LogP contribution in [0.5, 0.6) is 5.75 Å². The molecule has 1 aromatic carbocycles. The molecule has 0 radical (unpaired) electrons. The summed E-state index contributed by atoms with van der Waals surface area (Å²) >= 11 is 0. The third-order valence-corrected chi connectivity index (χ3v) is 3.51. The van der Waals surface area contributed by atoms with Gasteiger partial charge in [0.2, 0.25) is 0 Å². The molecule has 1 fully saturated rings. The van der Waals surface area contributed by atoms with Crippen LogP contribution in [0.4, 0.5) is 5.69 Å². The van der Waals surface area contributed by atoms with E-state index in [0.29, 0.717) is 18.0 Å². The molecule has 1 heterocycles. The molecule has 7 heteroatoms. The Morgan fingerprint density at radius 1 is 1.17 bits per heavy atom. The zero-order valence-electron chi connectivity index (χ0n) is 13.5. The summed E-state index contributed by atoms with van der Waals surface area (Å²) in [5, 5.41) is 6.55. The Balaban J connectivity index is 1.82. The van der Waals surface area contributed by atoms with Crippen LogP contribution in [0.25, 0.3) is 0 Å². The van der Waals surface area contributed by atoms with Gasteiger partial charge in [-0.2, -0.15) is 5.10 Å². The fourth-order valence-corrected chi connectivity index (χ4v) is 2.16. The second-order valence-electron chi connectivity index (χ2n) is 5.33. The van der Waals surface area contributed by atoms with Crippen molar-refractivity contribution in [1.82, 2.24) is 10.3 Å². The van der Waals surface area contributed by atoms with Crippen molar-refractivity contribution >= 4 is 23.2 Å². The first-order valence-corrected chi connectivity index (χ1v) is 7.66. The average molecular weight is 318 g/mol. The molecule has 7 nitrogen and oxygen atoms in total. The summed E-state index contributed by atoms with van der Waals surface area (Å²) in [5.41, 5.74) is 3.75. The van der Waals surface area contributed by atoms with Crippen molar-refractivity contribution in [2.75, 3.05) is 32.1 Å². The Hall–Kier alpha value is -2.41. The molecule has 0 bridgehead atoms. The van der Waals surface area contributed by atoms with E-state index in [1.54, 1.807) is 24.3 Å². The van der Waals surface area contributed by atoms with Crippen LogP contribution in [0.15, 0.2) is 29.4 Å². The minimum absolute atomic E-state index is 0.528. The molecular formula is C16H22N4O3. The number of carbonyl (C=O) groups excluding carboxylic acids is 2. The molecule has 0 saturated carbocycles. The molecule has 1 aromatic rings. The number of likely N-dealkylation sites (tertiary alicyclic amines) is 1. The lowest BCUT2D eigenvalue weighted by Gasteiger charge is -2.22. The lowest BCUT2D eigenvalue weighted by molar-refractivity contribution is -0.136. The topological polar surface area (TPSA) is 83.0 Å². The molecule has 1 aliphatic rings. The Morgan fingerprint density at radius 3 is 2.43 bits per heavy atom. The molecular weight excluding hydrogens is 296 g/mol. The first-order valence-electron chi connectivity index (χ1n) is 7.66. The zero-order chi connectivity index (χ0) is 16.7. The van der Waals surface area contributed by atoms with E-state index in [4.69, 9.17) is 4.74 Å². The average Bonchev–Trinajstić information content (AvgIpc) is 2.56. The molecule has 2 N–H and O–H groups in total. The highest BCUT2D eigenvalue weighted by atomic mass is 16.5. The van der Waals surface area contributed by atoms with E-state index in [2.05, 4.69) is 20.7 Å². The predicted molar refractivity (Wildman–Crippen MR) is 88.5 cm³/mol. The van der Waals surface area contributed by atoms with Gasteiger partial charge in [-0.3, -0.25) is 9.59 Å². The monoisotopic (exact) mass is 318 g/mol. The van der Waals surface area contributed by atoms with Gasteiger partial charge in [0.25, 0.3) is 0 Å². The SMILES string of the molecule is CCOc1ccc(NC(=O)C(=O)NN=C2CCN(C)CC2)cc1. The van der Waals surface area contributed by atoms with Gasteiger partial charge in [0.1, 0.15) is 5.75 Å². The van der Waals surface area contributed by atoms with Crippen LogP contribution in [-0.4, -0.2) is 49.2 Å². The molecule has 2 rings (SSSR count). The van der Waals surface area contributed by atoms with Crippen LogP contribution in [-0.2, 0) is 9.59 Å². The third-order valence-electron chi connectivity index (χ3n) is 3.51. The fourth-order valence-electron chi connectivity index (χ4n) is 2.16. The second kappa shape index (κ2) is 8.28. The van der Waals surface area contributed by atoms with Crippen molar-refractivity contribution in [3.8, 4) is 5.75 Å². The molecule has 124 valence electrons. The molecule has 0 unspecified atom stereocenters. The Bertz CT molecular complexity index is 573. The highest BCUT2D eigenvalue weighted by molar-refractivity contribution is 6.39. The number of nitrogens with zero attached hydrogens (tertiary/aromatic N) is 2. The minimum atomic E-state index is -0.773. The van der Waals surface area contributed by atoms with Gasteiger partial charge in [-0.25, -0.2) is 5.43 Å². The van der Waals surface area contributed by atoms with Gasteiger partial charge in [0.05, 0.1) is 6.61 Å². The highest BCUT2D eigenvalue weighted by Crippen LogP contribution is 2.15. The second-order valence-corrected chi connectivity index (χ2v) is 5.33. The summed E-state index contributed by atoms with van der Waals surface area (Å²) in [6, 6.07) is 6.82. The first kappa shape index (κ1) is 17.0.